The van der Waals surface area contributed by atoms with Crippen molar-refractivity contribution in [2.45, 2.75) is 38.8 Å². The molecule has 6 nitrogen and oxygen atoms in total. The summed E-state index contributed by atoms with van der Waals surface area (Å²) in [5.74, 6) is 0.0348. The molecule has 22 heavy (non-hydrogen) atoms. The first-order chi connectivity index (χ1) is 10.5. The Labute approximate surface area is 129 Å². The summed E-state index contributed by atoms with van der Waals surface area (Å²) in [5.41, 5.74) is 0. The number of likely N-dealkylation sites (tertiary alicyclic amines) is 1. The van der Waals surface area contributed by atoms with Crippen molar-refractivity contribution in [3.8, 4) is 11.5 Å². The van der Waals surface area contributed by atoms with Gasteiger partial charge in [-0.15, -0.1) is 0 Å². The topological polar surface area (TPSA) is 76.1 Å². The maximum Gasteiger partial charge on any atom is 0.326 e. The zero-order chi connectivity index (χ0) is 16.1. The Morgan fingerprint density at radius 2 is 1.95 bits per heavy atom. The minimum atomic E-state index is -0.959. The smallest absolute Gasteiger partial charge is 0.326 e. The molecule has 6 heteroatoms. The Morgan fingerprint density at radius 1 is 1.32 bits per heavy atom. The first-order valence-corrected chi connectivity index (χ1v) is 7.45. The van der Waals surface area contributed by atoms with E-state index in [1.54, 1.807) is 31.2 Å². The summed E-state index contributed by atoms with van der Waals surface area (Å²) >= 11 is 0. The van der Waals surface area contributed by atoms with Crippen LogP contribution in [0.1, 0.15) is 26.7 Å². The normalized spacial score (nSPS) is 18.8. The Balaban J connectivity index is 1.97. The monoisotopic (exact) mass is 307 g/mol. The summed E-state index contributed by atoms with van der Waals surface area (Å²) in [6, 6.07) is 6.26. The number of nitrogens with zero attached hydrogens (tertiary/aromatic N) is 1. The molecule has 0 radical (unpaired) electrons. The number of rotatable bonds is 6. The van der Waals surface area contributed by atoms with Gasteiger partial charge in [0, 0.05) is 6.54 Å². The van der Waals surface area contributed by atoms with Crippen LogP contribution in [0.4, 0.5) is 0 Å². The maximum absolute atomic E-state index is 12.3. The van der Waals surface area contributed by atoms with E-state index < -0.39 is 18.1 Å². The first-order valence-electron chi connectivity index (χ1n) is 7.45. The number of carboxylic acid groups (broad SMARTS) is 1. The van der Waals surface area contributed by atoms with E-state index in [2.05, 4.69) is 0 Å². The average Bonchev–Trinajstić information content (AvgIpc) is 2.98. The van der Waals surface area contributed by atoms with Crippen molar-refractivity contribution < 1.29 is 24.2 Å². The van der Waals surface area contributed by atoms with Gasteiger partial charge in [-0.1, -0.05) is 0 Å². The van der Waals surface area contributed by atoms with Gasteiger partial charge in [0.1, 0.15) is 17.5 Å². The quantitative estimate of drug-likeness (QED) is 0.869. The van der Waals surface area contributed by atoms with Crippen LogP contribution in [0.5, 0.6) is 11.5 Å². The second kappa shape index (κ2) is 7.15. The van der Waals surface area contributed by atoms with E-state index in [0.717, 1.165) is 5.75 Å². The predicted octanol–water partition coefficient (Wildman–Crippen LogP) is 1.93. The molecule has 1 aromatic carbocycles. The van der Waals surface area contributed by atoms with Gasteiger partial charge in [0.05, 0.1) is 6.61 Å². The second-order valence-electron chi connectivity index (χ2n) is 5.19. The third-order valence-electron chi connectivity index (χ3n) is 3.62. The predicted molar refractivity (Wildman–Crippen MR) is 80.1 cm³/mol. The Bertz CT molecular complexity index is 528. The van der Waals surface area contributed by atoms with Gasteiger partial charge in [-0.2, -0.15) is 0 Å². The molecule has 0 saturated carbocycles. The summed E-state index contributed by atoms with van der Waals surface area (Å²) in [5, 5.41) is 9.14. The number of hydrogen-bond donors (Lipinski definition) is 1. The average molecular weight is 307 g/mol. The third-order valence-corrected chi connectivity index (χ3v) is 3.62. The Morgan fingerprint density at radius 3 is 2.55 bits per heavy atom. The highest BCUT2D eigenvalue weighted by atomic mass is 16.5. The summed E-state index contributed by atoms with van der Waals surface area (Å²) in [4.78, 5) is 24.9. The molecule has 0 bridgehead atoms. The number of ether oxygens (including phenoxy) is 2. The van der Waals surface area contributed by atoms with E-state index in [1.807, 2.05) is 6.92 Å². The molecular formula is C16H21NO5. The van der Waals surface area contributed by atoms with Crippen LogP contribution < -0.4 is 9.47 Å². The number of benzene rings is 1. The lowest BCUT2D eigenvalue weighted by Gasteiger charge is -2.25. The van der Waals surface area contributed by atoms with Crippen molar-refractivity contribution in [1.29, 1.82) is 0 Å². The zero-order valence-corrected chi connectivity index (χ0v) is 12.8. The molecule has 1 N–H and O–H groups in total. The van der Waals surface area contributed by atoms with Crippen LogP contribution in [0, 0.1) is 0 Å². The lowest BCUT2D eigenvalue weighted by molar-refractivity contribution is -0.150. The van der Waals surface area contributed by atoms with Crippen molar-refractivity contribution in [2.24, 2.45) is 0 Å². The van der Waals surface area contributed by atoms with Crippen molar-refractivity contribution in [3.05, 3.63) is 24.3 Å². The molecule has 1 amide bonds. The van der Waals surface area contributed by atoms with Crippen LogP contribution in [0.25, 0.3) is 0 Å². The molecule has 1 aliphatic heterocycles. The second-order valence-corrected chi connectivity index (χ2v) is 5.19. The lowest BCUT2D eigenvalue weighted by Crippen LogP contribution is -2.46. The van der Waals surface area contributed by atoms with Gasteiger partial charge in [-0.3, -0.25) is 4.79 Å². The summed E-state index contributed by atoms with van der Waals surface area (Å²) in [7, 11) is 0. The Kier molecular flexibility index (Phi) is 5.25. The Hall–Kier alpha value is -2.24. The summed E-state index contributed by atoms with van der Waals surface area (Å²) in [6.07, 6.45) is 0.480. The summed E-state index contributed by atoms with van der Waals surface area (Å²) < 4.78 is 10.9. The number of carboxylic acids is 1. The zero-order valence-electron chi connectivity index (χ0n) is 12.8. The molecule has 0 aliphatic carbocycles. The van der Waals surface area contributed by atoms with Crippen LogP contribution in [-0.4, -0.2) is 47.2 Å². The molecule has 0 spiro atoms. The molecule has 2 rings (SSSR count). The SMILES string of the molecule is CCOc1ccc(OC(C)C(=O)N2CCCC2C(=O)O)cc1. The van der Waals surface area contributed by atoms with Crippen molar-refractivity contribution in [2.75, 3.05) is 13.2 Å². The van der Waals surface area contributed by atoms with Gasteiger partial charge in [0.25, 0.3) is 5.91 Å². The van der Waals surface area contributed by atoms with E-state index in [4.69, 9.17) is 14.6 Å². The highest BCUT2D eigenvalue weighted by Crippen LogP contribution is 2.22. The molecule has 2 atom stereocenters. The standard InChI is InChI=1S/C16H21NO5/c1-3-21-12-6-8-13(9-7-12)22-11(2)15(18)17-10-4-5-14(17)16(19)20/h6-9,11,14H,3-5,10H2,1-2H3,(H,19,20). The van der Waals surface area contributed by atoms with Gasteiger partial charge in [0.2, 0.25) is 0 Å². The number of aliphatic carboxylic acids is 1. The van der Waals surface area contributed by atoms with Gasteiger partial charge in [-0.25, -0.2) is 4.79 Å². The van der Waals surface area contributed by atoms with E-state index in [-0.39, 0.29) is 5.91 Å². The van der Waals surface area contributed by atoms with Gasteiger partial charge in [0.15, 0.2) is 6.10 Å². The number of carbonyl (C=O) groups excluding carboxylic acids is 1. The van der Waals surface area contributed by atoms with Gasteiger partial charge in [-0.05, 0) is 51.0 Å². The van der Waals surface area contributed by atoms with Crippen molar-refractivity contribution in [3.63, 3.8) is 0 Å². The minimum Gasteiger partial charge on any atom is -0.494 e. The van der Waals surface area contributed by atoms with E-state index in [9.17, 15) is 9.59 Å². The highest BCUT2D eigenvalue weighted by molar-refractivity contribution is 5.87. The van der Waals surface area contributed by atoms with E-state index >= 15 is 0 Å². The number of hydrogen-bond acceptors (Lipinski definition) is 4. The fourth-order valence-electron chi connectivity index (χ4n) is 2.56. The molecule has 2 unspecified atom stereocenters. The van der Waals surface area contributed by atoms with Crippen molar-refractivity contribution in [1.82, 2.24) is 4.90 Å². The fourth-order valence-corrected chi connectivity index (χ4v) is 2.56. The highest BCUT2D eigenvalue weighted by Gasteiger charge is 2.36. The van der Waals surface area contributed by atoms with Crippen LogP contribution in [0.3, 0.4) is 0 Å². The van der Waals surface area contributed by atoms with E-state index in [0.29, 0.717) is 31.7 Å². The van der Waals surface area contributed by atoms with Crippen LogP contribution >= 0.6 is 0 Å². The third kappa shape index (κ3) is 3.69. The van der Waals surface area contributed by atoms with Gasteiger partial charge >= 0.3 is 5.97 Å². The minimum absolute atomic E-state index is 0.293. The molecule has 1 saturated heterocycles. The summed E-state index contributed by atoms with van der Waals surface area (Å²) in [6.45, 7) is 4.59. The molecule has 120 valence electrons. The van der Waals surface area contributed by atoms with Crippen molar-refractivity contribution >= 4 is 11.9 Å². The molecular weight excluding hydrogens is 286 g/mol. The number of carbonyl (C=O) groups is 2. The van der Waals surface area contributed by atoms with Crippen LogP contribution in [0.15, 0.2) is 24.3 Å². The maximum atomic E-state index is 12.3. The lowest BCUT2D eigenvalue weighted by atomic mass is 10.2. The fraction of sp³-hybridized carbons (Fsp3) is 0.500. The van der Waals surface area contributed by atoms with E-state index in [1.165, 1.54) is 4.90 Å². The molecule has 1 heterocycles. The van der Waals surface area contributed by atoms with Crippen LogP contribution in [0.2, 0.25) is 0 Å². The van der Waals surface area contributed by atoms with Gasteiger partial charge < -0.3 is 19.5 Å². The molecule has 1 fully saturated rings. The molecule has 0 aromatic heterocycles. The molecule has 1 aliphatic rings. The first kappa shape index (κ1) is 16.1. The number of amides is 1. The molecule has 1 aromatic rings. The largest absolute Gasteiger partial charge is 0.494 e. The van der Waals surface area contributed by atoms with Crippen LogP contribution in [-0.2, 0) is 9.59 Å².